The van der Waals surface area contributed by atoms with E-state index >= 15 is 0 Å². The summed E-state index contributed by atoms with van der Waals surface area (Å²) in [6, 6.07) is 7.32. The van der Waals surface area contributed by atoms with Crippen molar-refractivity contribution in [1.29, 1.82) is 0 Å². The van der Waals surface area contributed by atoms with Gasteiger partial charge in [-0.25, -0.2) is 9.37 Å². The summed E-state index contributed by atoms with van der Waals surface area (Å²) in [5.41, 5.74) is 2.02. The highest BCUT2D eigenvalue weighted by Gasteiger charge is 2.39. The summed E-state index contributed by atoms with van der Waals surface area (Å²) >= 11 is 1.76. The molecule has 0 spiro atoms. The standard InChI is InChI=1S/C20H23FN4OS/c21-14-3-1-13(2-4-14)9-19(26)24-8-7-17-18(12-24)27-20(23-17)25-15-5-6-16(25)11-22-10-15/h1-4,15-16,22H,5-12H2. The fourth-order valence-electron chi connectivity index (χ4n) is 4.48. The Hall–Kier alpha value is -1.99. The molecule has 0 radical (unpaired) electrons. The fraction of sp³-hybridized carbons (Fsp3) is 0.500. The number of piperazine rings is 1. The molecule has 2 aromatic rings. The van der Waals surface area contributed by atoms with E-state index in [0.717, 1.165) is 30.2 Å². The summed E-state index contributed by atoms with van der Waals surface area (Å²) < 4.78 is 13.1. The van der Waals surface area contributed by atoms with Crippen LogP contribution in [-0.2, 0) is 24.2 Å². The second-order valence-corrected chi connectivity index (χ2v) is 8.75. The molecule has 142 valence electrons. The number of hydrogen-bond donors (Lipinski definition) is 1. The second-order valence-electron chi connectivity index (χ2n) is 7.69. The Morgan fingerprint density at radius 2 is 1.96 bits per heavy atom. The van der Waals surface area contributed by atoms with Gasteiger partial charge in [0.2, 0.25) is 5.91 Å². The summed E-state index contributed by atoms with van der Waals surface area (Å²) in [5.74, 6) is -0.169. The van der Waals surface area contributed by atoms with Crippen molar-refractivity contribution in [3.8, 4) is 0 Å². The fourth-order valence-corrected chi connectivity index (χ4v) is 5.75. The molecule has 1 aromatic heterocycles. The topological polar surface area (TPSA) is 48.5 Å². The molecule has 5 rings (SSSR count). The molecule has 3 aliphatic heterocycles. The predicted octanol–water partition coefficient (Wildman–Crippen LogP) is 2.35. The van der Waals surface area contributed by atoms with Crippen LogP contribution in [0.5, 0.6) is 0 Å². The average Bonchev–Trinajstić information content (AvgIpc) is 3.20. The van der Waals surface area contributed by atoms with Gasteiger partial charge in [-0.15, -0.1) is 0 Å². The largest absolute Gasteiger partial charge is 0.340 e. The molecule has 2 unspecified atom stereocenters. The highest BCUT2D eigenvalue weighted by molar-refractivity contribution is 7.15. The van der Waals surface area contributed by atoms with E-state index in [1.165, 1.54) is 35.5 Å². The number of rotatable bonds is 3. The number of nitrogens with one attached hydrogen (secondary N) is 1. The van der Waals surface area contributed by atoms with Crippen LogP contribution in [0.25, 0.3) is 0 Å². The highest BCUT2D eigenvalue weighted by atomic mass is 32.1. The number of fused-ring (bicyclic) bond motifs is 3. The van der Waals surface area contributed by atoms with E-state index < -0.39 is 0 Å². The predicted molar refractivity (Wildman–Crippen MR) is 103 cm³/mol. The summed E-state index contributed by atoms with van der Waals surface area (Å²) in [7, 11) is 0. The van der Waals surface area contributed by atoms with Gasteiger partial charge >= 0.3 is 0 Å². The number of hydrogen-bond acceptors (Lipinski definition) is 5. The Labute approximate surface area is 162 Å². The van der Waals surface area contributed by atoms with Crippen molar-refractivity contribution in [1.82, 2.24) is 15.2 Å². The molecule has 2 saturated heterocycles. The van der Waals surface area contributed by atoms with Gasteiger partial charge in [-0.1, -0.05) is 23.5 Å². The number of carbonyl (C=O) groups excluding carboxylic acids is 1. The Morgan fingerprint density at radius 3 is 2.70 bits per heavy atom. The van der Waals surface area contributed by atoms with Gasteiger partial charge in [0.25, 0.3) is 0 Å². The first-order chi connectivity index (χ1) is 13.2. The van der Waals surface area contributed by atoms with Gasteiger partial charge in [-0.2, -0.15) is 0 Å². The Balaban J connectivity index is 1.29. The highest BCUT2D eigenvalue weighted by Crippen LogP contribution is 2.38. The smallest absolute Gasteiger partial charge is 0.227 e. The molecule has 3 aliphatic rings. The van der Waals surface area contributed by atoms with E-state index in [0.29, 0.717) is 31.6 Å². The van der Waals surface area contributed by atoms with Gasteiger partial charge in [-0.05, 0) is 30.5 Å². The first-order valence-corrected chi connectivity index (χ1v) is 10.5. The van der Waals surface area contributed by atoms with Crippen LogP contribution < -0.4 is 10.2 Å². The molecule has 0 aliphatic carbocycles. The molecule has 7 heteroatoms. The van der Waals surface area contributed by atoms with Gasteiger partial charge < -0.3 is 15.1 Å². The van der Waals surface area contributed by atoms with Crippen LogP contribution in [0.4, 0.5) is 9.52 Å². The number of carbonyl (C=O) groups is 1. The molecule has 1 N–H and O–H groups in total. The van der Waals surface area contributed by atoms with Crippen molar-refractivity contribution in [2.75, 3.05) is 24.5 Å². The molecule has 2 fully saturated rings. The van der Waals surface area contributed by atoms with Crippen molar-refractivity contribution in [2.45, 2.75) is 44.3 Å². The van der Waals surface area contributed by atoms with Crippen LogP contribution in [0.3, 0.4) is 0 Å². The quantitative estimate of drug-likeness (QED) is 0.880. The number of amides is 1. The summed E-state index contributed by atoms with van der Waals surface area (Å²) in [6.07, 6.45) is 3.63. The summed E-state index contributed by atoms with van der Waals surface area (Å²) in [6.45, 7) is 3.45. The van der Waals surface area contributed by atoms with E-state index in [1.54, 1.807) is 23.5 Å². The van der Waals surface area contributed by atoms with Crippen molar-refractivity contribution in [3.63, 3.8) is 0 Å². The molecule has 2 atom stereocenters. The van der Waals surface area contributed by atoms with Gasteiger partial charge in [0, 0.05) is 43.0 Å². The summed E-state index contributed by atoms with van der Waals surface area (Å²) in [4.78, 5) is 23.3. The molecule has 27 heavy (non-hydrogen) atoms. The average molecular weight is 386 g/mol. The number of halogens is 1. The Bertz CT molecular complexity index is 836. The zero-order valence-corrected chi connectivity index (χ0v) is 16.0. The lowest BCUT2D eigenvalue weighted by molar-refractivity contribution is -0.131. The Morgan fingerprint density at radius 1 is 1.22 bits per heavy atom. The van der Waals surface area contributed by atoms with E-state index in [4.69, 9.17) is 4.98 Å². The van der Waals surface area contributed by atoms with Gasteiger partial charge in [0.05, 0.1) is 18.7 Å². The van der Waals surface area contributed by atoms with E-state index in [-0.39, 0.29) is 11.7 Å². The molecule has 0 saturated carbocycles. The molecular formula is C20H23FN4OS. The number of anilines is 1. The van der Waals surface area contributed by atoms with Gasteiger partial charge in [-0.3, -0.25) is 4.79 Å². The van der Waals surface area contributed by atoms with Crippen LogP contribution >= 0.6 is 11.3 Å². The maximum Gasteiger partial charge on any atom is 0.227 e. The third kappa shape index (κ3) is 3.23. The van der Waals surface area contributed by atoms with Crippen LogP contribution in [0, 0.1) is 5.82 Å². The molecule has 2 bridgehead atoms. The lowest BCUT2D eigenvalue weighted by atomic mass is 10.1. The monoisotopic (exact) mass is 386 g/mol. The summed E-state index contributed by atoms with van der Waals surface area (Å²) in [5, 5.41) is 4.66. The van der Waals surface area contributed by atoms with E-state index in [9.17, 15) is 9.18 Å². The van der Waals surface area contributed by atoms with Crippen LogP contribution in [0.1, 0.15) is 29.0 Å². The minimum atomic E-state index is -0.270. The second kappa shape index (κ2) is 6.87. The van der Waals surface area contributed by atoms with Crippen molar-refractivity contribution in [3.05, 3.63) is 46.2 Å². The minimum Gasteiger partial charge on any atom is -0.340 e. The van der Waals surface area contributed by atoms with Gasteiger partial charge in [0.1, 0.15) is 5.82 Å². The zero-order valence-electron chi connectivity index (χ0n) is 15.2. The molecular weight excluding hydrogens is 363 g/mol. The van der Waals surface area contributed by atoms with E-state index in [1.807, 2.05) is 4.90 Å². The molecule has 1 amide bonds. The third-order valence-corrected chi connectivity index (χ3v) is 7.04. The molecule has 5 nitrogen and oxygen atoms in total. The minimum absolute atomic E-state index is 0.101. The lowest BCUT2D eigenvalue weighted by Crippen LogP contribution is -2.51. The number of aromatic nitrogens is 1. The van der Waals surface area contributed by atoms with Crippen molar-refractivity contribution >= 4 is 22.4 Å². The van der Waals surface area contributed by atoms with E-state index in [2.05, 4.69) is 10.2 Å². The van der Waals surface area contributed by atoms with Crippen LogP contribution in [0.15, 0.2) is 24.3 Å². The lowest BCUT2D eigenvalue weighted by Gasteiger charge is -2.35. The Kier molecular flexibility index (Phi) is 4.36. The number of nitrogens with zero attached hydrogens (tertiary/aromatic N) is 3. The maximum absolute atomic E-state index is 13.1. The SMILES string of the molecule is O=C(Cc1ccc(F)cc1)N1CCc2nc(N3C4CCC3CNC4)sc2C1. The molecule has 1 aromatic carbocycles. The van der Waals surface area contributed by atoms with Crippen molar-refractivity contribution in [2.24, 2.45) is 0 Å². The maximum atomic E-state index is 13.1. The number of benzene rings is 1. The van der Waals surface area contributed by atoms with Crippen LogP contribution in [-0.4, -0.2) is 47.5 Å². The van der Waals surface area contributed by atoms with Crippen LogP contribution in [0.2, 0.25) is 0 Å². The zero-order chi connectivity index (χ0) is 18.4. The first-order valence-electron chi connectivity index (χ1n) is 9.67. The first kappa shape index (κ1) is 17.1. The number of thiazole rings is 1. The van der Waals surface area contributed by atoms with Gasteiger partial charge in [0.15, 0.2) is 5.13 Å². The normalized spacial score (nSPS) is 24.2. The van der Waals surface area contributed by atoms with Crippen molar-refractivity contribution < 1.29 is 9.18 Å². The molecule has 4 heterocycles. The third-order valence-electron chi connectivity index (χ3n) is 5.94.